The molecule has 0 aliphatic carbocycles. The van der Waals surface area contributed by atoms with Gasteiger partial charge in [0.1, 0.15) is 23.4 Å². The lowest BCUT2D eigenvalue weighted by molar-refractivity contribution is -0.135. The highest BCUT2D eigenvalue weighted by atomic mass is 32.1. The Morgan fingerprint density at radius 2 is 1.74 bits per heavy atom. The van der Waals surface area contributed by atoms with Crippen molar-refractivity contribution in [1.82, 2.24) is 9.88 Å². The third-order valence-electron chi connectivity index (χ3n) is 5.14. The van der Waals surface area contributed by atoms with Crippen molar-refractivity contribution in [1.29, 1.82) is 0 Å². The van der Waals surface area contributed by atoms with E-state index in [4.69, 9.17) is 18.9 Å². The predicted molar refractivity (Wildman–Crippen MR) is 120 cm³/mol. The molecule has 1 saturated heterocycles. The van der Waals surface area contributed by atoms with E-state index in [9.17, 15) is 4.79 Å². The summed E-state index contributed by atoms with van der Waals surface area (Å²) in [5.74, 6) is 2.24. The first-order chi connectivity index (χ1) is 15.1. The van der Waals surface area contributed by atoms with Gasteiger partial charge < -0.3 is 23.8 Å². The normalized spacial score (nSPS) is 14.5. The van der Waals surface area contributed by atoms with Gasteiger partial charge >= 0.3 is 0 Å². The third-order valence-corrected chi connectivity index (χ3v) is 6.04. The maximum atomic E-state index is 12.5. The Bertz CT molecular complexity index is 1010. The lowest BCUT2D eigenvalue weighted by atomic mass is 10.1. The number of amides is 1. The Hall–Kier alpha value is -3.00. The standard InChI is InChI=1S/C23H26N2O5S/c1-3-28-16-4-6-17(7-5-16)29-15-22(26)25-12-10-18(11-13-25)30-23-24-20-9-8-19(27-2)14-21(20)31-23/h4-9,14,18H,3,10-13,15H2,1-2H3. The van der Waals surface area contributed by atoms with Gasteiger partial charge in [-0.1, -0.05) is 11.3 Å². The van der Waals surface area contributed by atoms with Crippen molar-refractivity contribution in [3.8, 4) is 22.4 Å². The molecule has 0 N–H and O–H groups in total. The van der Waals surface area contributed by atoms with Crippen LogP contribution in [-0.2, 0) is 4.79 Å². The number of carbonyl (C=O) groups excluding carboxylic acids is 1. The van der Waals surface area contributed by atoms with Gasteiger partial charge in [0.2, 0.25) is 0 Å². The molecular formula is C23H26N2O5S. The topological polar surface area (TPSA) is 70.1 Å². The average molecular weight is 443 g/mol. The Morgan fingerprint density at radius 1 is 1.06 bits per heavy atom. The molecule has 0 bridgehead atoms. The van der Waals surface area contributed by atoms with E-state index in [2.05, 4.69) is 4.98 Å². The fourth-order valence-electron chi connectivity index (χ4n) is 3.46. The summed E-state index contributed by atoms with van der Waals surface area (Å²) < 4.78 is 23.4. The summed E-state index contributed by atoms with van der Waals surface area (Å²) in [7, 11) is 1.65. The molecule has 4 rings (SSSR count). The molecule has 2 heterocycles. The van der Waals surface area contributed by atoms with Gasteiger partial charge in [0.25, 0.3) is 11.1 Å². The quantitative estimate of drug-likeness (QED) is 0.522. The van der Waals surface area contributed by atoms with Crippen molar-refractivity contribution in [2.45, 2.75) is 25.9 Å². The van der Waals surface area contributed by atoms with Crippen molar-refractivity contribution in [3.63, 3.8) is 0 Å². The van der Waals surface area contributed by atoms with Gasteiger partial charge in [-0.15, -0.1) is 0 Å². The monoisotopic (exact) mass is 442 g/mol. The van der Waals surface area contributed by atoms with Crippen molar-refractivity contribution in [3.05, 3.63) is 42.5 Å². The van der Waals surface area contributed by atoms with Gasteiger partial charge in [0, 0.05) is 25.9 Å². The van der Waals surface area contributed by atoms with E-state index in [0.29, 0.717) is 30.6 Å². The molecule has 0 atom stereocenters. The third kappa shape index (κ3) is 5.38. The highest BCUT2D eigenvalue weighted by Crippen LogP contribution is 2.32. The molecule has 0 saturated carbocycles. The smallest absolute Gasteiger partial charge is 0.274 e. The van der Waals surface area contributed by atoms with Crippen molar-refractivity contribution < 1.29 is 23.7 Å². The van der Waals surface area contributed by atoms with E-state index in [1.807, 2.05) is 54.3 Å². The van der Waals surface area contributed by atoms with Crippen molar-refractivity contribution in [2.24, 2.45) is 0 Å². The number of likely N-dealkylation sites (tertiary alicyclic amines) is 1. The van der Waals surface area contributed by atoms with Crippen LogP contribution >= 0.6 is 11.3 Å². The second kappa shape index (κ2) is 9.87. The molecule has 1 aliphatic rings. The van der Waals surface area contributed by atoms with Crippen LogP contribution in [0.1, 0.15) is 19.8 Å². The lowest BCUT2D eigenvalue weighted by Gasteiger charge is -2.31. The largest absolute Gasteiger partial charge is 0.497 e. The van der Waals surface area contributed by atoms with Gasteiger partial charge in [-0.05, 0) is 49.4 Å². The zero-order valence-corrected chi connectivity index (χ0v) is 18.5. The minimum absolute atomic E-state index is 0.0144. The van der Waals surface area contributed by atoms with Gasteiger partial charge in [-0.2, -0.15) is 0 Å². The molecule has 0 unspecified atom stereocenters. The first-order valence-electron chi connectivity index (χ1n) is 10.4. The van der Waals surface area contributed by atoms with Crippen LogP contribution in [0, 0.1) is 0 Å². The Balaban J connectivity index is 1.24. The number of rotatable bonds is 8. The summed E-state index contributed by atoms with van der Waals surface area (Å²) >= 11 is 1.51. The molecular weight excluding hydrogens is 416 g/mol. The highest BCUT2D eigenvalue weighted by Gasteiger charge is 2.25. The summed E-state index contributed by atoms with van der Waals surface area (Å²) in [6, 6.07) is 13.1. The van der Waals surface area contributed by atoms with Crippen LogP contribution in [0.25, 0.3) is 10.2 Å². The fraction of sp³-hybridized carbons (Fsp3) is 0.391. The molecule has 0 spiro atoms. The highest BCUT2D eigenvalue weighted by molar-refractivity contribution is 7.20. The van der Waals surface area contributed by atoms with Crippen LogP contribution in [0.15, 0.2) is 42.5 Å². The number of carbonyl (C=O) groups is 1. The maximum Gasteiger partial charge on any atom is 0.274 e. The number of piperidine rings is 1. The number of methoxy groups -OCH3 is 1. The van der Waals surface area contributed by atoms with E-state index >= 15 is 0 Å². The first-order valence-corrected chi connectivity index (χ1v) is 11.2. The molecule has 31 heavy (non-hydrogen) atoms. The minimum atomic E-state index is -0.0144. The lowest BCUT2D eigenvalue weighted by Crippen LogP contribution is -2.43. The van der Waals surface area contributed by atoms with E-state index in [0.717, 1.165) is 34.6 Å². The predicted octanol–water partition coefficient (Wildman–Crippen LogP) is 4.15. The van der Waals surface area contributed by atoms with Crippen LogP contribution in [0.3, 0.4) is 0 Å². The molecule has 1 aromatic heterocycles. The van der Waals surface area contributed by atoms with Crippen molar-refractivity contribution >= 4 is 27.5 Å². The summed E-state index contributed by atoms with van der Waals surface area (Å²) in [6.07, 6.45) is 1.60. The van der Waals surface area contributed by atoms with Crippen LogP contribution in [-0.4, -0.2) is 55.3 Å². The summed E-state index contributed by atoms with van der Waals surface area (Å²) in [5.41, 5.74) is 0.903. The molecule has 164 valence electrons. The van der Waals surface area contributed by atoms with Gasteiger partial charge in [0.05, 0.1) is 23.9 Å². The minimum Gasteiger partial charge on any atom is -0.497 e. The summed E-state index contributed by atoms with van der Waals surface area (Å²) in [6.45, 7) is 3.88. The Labute approximate surface area is 185 Å². The number of nitrogens with zero attached hydrogens (tertiary/aromatic N) is 2. The molecule has 1 fully saturated rings. The van der Waals surface area contributed by atoms with E-state index in [-0.39, 0.29) is 18.6 Å². The summed E-state index contributed by atoms with van der Waals surface area (Å²) in [4.78, 5) is 18.9. The fourth-order valence-corrected chi connectivity index (χ4v) is 4.37. The molecule has 3 aromatic rings. The zero-order valence-electron chi connectivity index (χ0n) is 17.7. The van der Waals surface area contributed by atoms with Crippen LogP contribution in [0.5, 0.6) is 22.4 Å². The second-order valence-corrected chi connectivity index (χ2v) is 8.20. The molecule has 8 heteroatoms. The number of ether oxygens (including phenoxy) is 4. The molecule has 1 aliphatic heterocycles. The molecule has 2 aromatic carbocycles. The number of benzene rings is 2. The van der Waals surface area contributed by atoms with E-state index in [1.54, 1.807) is 7.11 Å². The number of thiazole rings is 1. The Morgan fingerprint density at radius 3 is 2.42 bits per heavy atom. The van der Waals surface area contributed by atoms with Gasteiger partial charge in [0.15, 0.2) is 6.61 Å². The first kappa shape index (κ1) is 21.2. The zero-order chi connectivity index (χ0) is 21.6. The second-order valence-electron chi connectivity index (χ2n) is 7.20. The van der Waals surface area contributed by atoms with E-state index < -0.39 is 0 Å². The van der Waals surface area contributed by atoms with Gasteiger partial charge in [-0.3, -0.25) is 4.79 Å². The van der Waals surface area contributed by atoms with Crippen LogP contribution < -0.4 is 18.9 Å². The summed E-state index contributed by atoms with van der Waals surface area (Å²) in [5, 5.41) is 0.659. The van der Waals surface area contributed by atoms with Crippen LogP contribution in [0.2, 0.25) is 0 Å². The van der Waals surface area contributed by atoms with Crippen molar-refractivity contribution in [2.75, 3.05) is 33.4 Å². The maximum absolute atomic E-state index is 12.5. The van der Waals surface area contributed by atoms with Gasteiger partial charge in [-0.25, -0.2) is 4.98 Å². The number of hydrogen-bond acceptors (Lipinski definition) is 7. The SMILES string of the molecule is CCOc1ccc(OCC(=O)N2CCC(Oc3nc4ccc(OC)cc4s3)CC2)cc1. The Kier molecular flexibility index (Phi) is 6.76. The number of fused-ring (bicyclic) bond motifs is 1. The van der Waals surface area contributed by atoms with Crippen LogP contribution in [0.4, 0.5) is 0 Å². The average Bonchev–Trinajstić information content (AvgIpc) is 3.20. The molecule has 7 nitrogen and oxygen atoms in total. The van der Waals surface area contributed by atoms with E-state index in [1.165, 1.54) is 11.3 Å². The number of hydrogen-bond donors (Lipinski definition) is 0. The molecule has 1 amide bonds. The number of aromatic nitrogens is 1. The molecule has 0 radical (unpaired) electrons.